The second kappa shape index (κ2) is 10.6. The highest BCUT2D eigenvalue weighted by molar-refractivity contribution is 7.96. The van der Waals surface area contributed by atoms with Crippen LogP contribution in [0.4, 0.5) is 5.13 Å². The zero-order valence-corrected chi connectivity index (χ0v) is 22.2. The predicted molar refractivity (Wildman–Crippen MR) is 154 cm³/mol. The normalized spacial score (nSPS) is 12.4. The van der Waals surface area contributed by atoms with Crippen LogP contribution in [0.3, 0.4) is 0 Å². The Hall–Kier alpha value is -3.95. The Morgan fingerprint density at radius 1 is 1.24 bits per heavy atom. The topological polar surface area (TPSA) is 84.7 Å². The van der Waals surface area contributed by atoms with Crippen molar-refractivity contribution in [3.05, 3.63) is 96.6 Å². The van der Waals surface area contributed by atoms with Crippen molar-refractivity contribution in [3.63, 3.8) is 0 Å². The van der Waals surface area contributed by atoms with Crippen molar-refractivity contribution in [3.8, 4) is 27.5 Å². The smallest absolute Gasteiger partial charge is 0.223 e. The summed E-state index contributed by atoms with van der Waals surface area (Å²) in [4.78, 5) is 21.8. The number of nitrogens with zero attached hydrogens (tertiary/aromatic N) is 4. The van der Waals surface area contributed by atoms with E-state index in [0.717, 1.165) is 68.4 Å². The summed E-state index contributed by atoms with van der Waals surface area (Å²) < 4.78 is 5.15. The van der Waals surface area contributed by atoms with Gasteiger partial charge in [-0.05, 0) is 54.3 Å². The molecule has 2 N–H and O–H groups in total. The summed E-state index contributed by atoms with van der Waals surface area (Å²) in [6.07, 6.45) is 10.9. The van der Waals surface area contributed by atoms with Crippen LogP contribution in [-0.4, -0.2) is 31.9 Å². The van der Waals surface area contributed by atoms with Crippen LogP contribution < -0.4 is 10.0 Å². The largest absolute Gasteiger partial charge is 0.331 e. The van der Waals surface area contributed by atoms with Crippen molar-refractivity contribution in [1.29, 1.82) is 0 Å². The lowest BCUT2D eigenvalue weighted by molar-refractivity contribution is -0.114. The Labute approximate surface area is 224 Å². The van der Waals surface area contributed by atoms with Crippen LogP contribution in [0.1, 0.15) is 23.7 Å². The van der Waals surface area contributed by atoms with Gasteiger partial charge in [0.05, 0.1) is 27.6 Å². The third-order valence-electron chi connectivity index (χ3n) is 5.93. The highest BCUT2D eigenvalue weighted by Gasteiger charge is 2.30. The van der Waals surface area contributed by atoms with Crippen LogP contribution in [-0.2, 0) is 17.6 Å². The van der Waals surface area contributed by atoms with Crippen molar-refractivity contribution in [2.45, 2.75) is 19.8 Å². The number of benzene rings is 1. The highest BCUT2D eigenvalue weighted by Crippen LogP contribution is 2.44. The highest BCUT2D eigenvalue weighted by atomic mass is 32.2. The molecule has 0 fully saturated rings. The van der Waals surface area contributed by atoms with Crippen LogP contribution in [0.15, 0.2) is 79.8 Å². The molecular weight excluding hydrogens is 500 g/mol. The van der Waals surface area contributed by atoms with E-state index in [9.17, 15) is 4.79 Å². The second-order valence-electron chi connectivity index (χ2n) is 8.49. The van der Waals surface area contributed by atoms with Crippen molar-refractivity contribution >= 4 is 39.9 Å². The van der Waals surface area contributed by atoms with E-state index >= 15 is 0 Å². The summed E-state index contributed by atoms with van der Waals surface area (Å²) in [6.45, 7) is 9.57. The average Bonchev–Trinajstić information content (AvgIpc) is 3.48. The number of thiazole rings is 1. The number of rotatable bonds is 8. The van der Waals surface area contributed by atoms with Crippen LogP contribution >= 0.6 is 23.3 Å². The van der Waals surface area contributed by atoms with E-state index in [1.165, 1.54) is 30.2 Å². The van der Waals surface area contributed by atoms with Crippen molar-refractivity contribution in [1.82, 2.24) is 24.5 Å². The van der Waals surface area contributed by atoms with E-state index in [4.69, 9.17) is 10.1 Å². The van der Waals surface area contributed by atoms with E-state index in [1.54, 1.807) is 6.20 Å². The summed E-state index contributed by atoms with van der Waals surface area (Å²) in [7, 11) is 0. The molecule has 1 aromatic carbocycles. The molecule has 4 aromatic rings. The fourth-order valence-corrected chi connectivity index (χ4v) is 5.86. The van der Waals surface area contributed by atoms with Gasteiger partial charge in [-0.25, -0.2) is 9.67 Å². The number of hydrogen-bond donors (Lipinski definition) is 2. The third-order valence-corrected chi connectivity index (χ3v) is 7.42. The van der Waals surface area contributed by atoms with Crippen LogP contribution in [0.25, 0.3) is 33.1 Å². The van der Waals surface area contributed by atoms with Gasteiger partial charge in [-0.3, -0.25) is 9.78 Å². The molecule has 0 radical (unpaired) electrons. The van der Waals surface area contributed by atoms with E-state index in [0.29, 0.717) is 5.13 Å². The number of anilines is 1. The predicted octanol–water partition coefficient (Wildman–Crippen LogP) is 6.07. The molecule has 5 rings (SSSR count). The van der Waals surface area contributed by atoms with Crippen LogP contribution in [0.2, 0.25) is 0 Å². The fourth-order valence-electron chi connectivity index (χ4n) is 4.42. The third kappa shape index (κ3) is 5.00. The van der Waals surface area contributed by atoms with Crippen molar-refractivity contribution < 1.29 is 4.79 Å². The Morgan fingerprint density at radius 2 is 2.11 bits per heavy atom. The molecule has 1 amide bonds. The maximum atomic E-state index is 11.7. The lowest BCUT2D eigenvalue weighted by Gasteiger charge is -2.15. The van der Waals surface area contributed by atoms with Gasteiger partial charge in [0.15, 0.2) is 5.13 Å². The number of fused-ring (bicyclic) bond motifs is 3. The molecular formula is C28H26N6OS2. The minimum Gasteiger partial charge on any atom is -0.331 e. The number of aromatic nitrogens is 4. The van der Waals surface area contributed by atoms with Gasteiger partial charge in [-0.1, -0.05) is 54.7 Å². The lowest BCUT2D eigenvalue weighted by atomic mass is 9.95. The first kappa shape index (κ1) is 24.7. The number of amides is 1. The maximum Gasteiger partial charge on any atom is 0.223 e. The molecule has 0 atom stereocenters. The monoisotopic (exact) mass is 526 g/mol. The molecule has 37 heavy (non-hydrogen) atoms. The van der Waals surface area contributed by atoms with Crippen LogP contribution in [0.5, 0.6) is 0 Å². The fraction of sp³-hybridized carbons (Fsp3) is 0.143. The summed E-state index contributed by atoms with van der Waals surface area (Å²) >= 11 is 2.98. The first-order chi connectivity index (χ1) is 18.0. The zero-order chi connectivity index (χ0) is 25.9. The average molecular weight is 527 g/mol. The van der Waals surface area contributed by atoms with Crippen molar-refractivity contribution in [2.75, 3.05) is 11.6 Å². The minimum absolute atomic E-state index is 0.134. The SMILES string of the molecule is C=C/C(=C\C(=C)NSC)c1cccc(-n2nc(-c3cccnc3)c3c2-c2sc(NC(C)=O)nc2CC3)c1. The van der Waals surface area contributed by atoms with Gasteiger partial charge in [0, 0.05) is 42.4 Å². The van der Waals surface area contributed by atoms with Gasteiger partial charge in [-0.2, -0.15) is 5.10 Å². The van der Waals surface area contributed by atoms with E-state index < -0.39 is 0 Å². The molecule has 0 saturated heterocycles. The van der Waals surface area contributed by atoms with Gasteiger partial charge in [-0.15, -0.1) is 0 Å². The molecule has 3 heterocycles. The molecule has 0 saturated carbocycles. The quantitative estimate of drug-likeness (QED) is 0.214. The summed E-state index contributed by atoms with van der Waals surface area (Å²) in [6, 6.07) is 12.2. The lowest BCUT2D eigenvalue weighted by Crippen LogP contribution is -2.07. The number of carbonyl (C=O) groups excluding carboxylic acids is 1. The number of aryl methyl sites for hydroxylation is 1. The molecule has 0 spiro atoms. The molecule has 3 aromatic heterocycles. The summed E-state index contributed by atoms with van der Waals surface area (Å²) in [5, 5.41) is 8.56. The van der Waals surface area contributed by atoms with E-state index in [1.807, 2.05) is 59.6 Å². The zero-order valence-electron chi connectivity index (χ0n) is 20.6. The number of carbonyl (C=O) groups is 1. The minimum atomic E-state index is -0.134. The van der Waals surface area contributed by atoms with Gasteiger partial charge >= 0.3 is 0 Å². The molecule has 7 nitrogen and oxygen atoms in total. The maximum absolute atomic E-state index is 11.7. The van der Waals surface area contributed by atoms with Crippen molar-refractivity contribution in [2.24, 2.45) is 0 Å². The molecule has 9 heteroatoms. The Morgan fingerprint density at radius 3 is 2.84 bits per heavy atom. The molecule has 1 aliphatic rings. The Kier molecular flexibility index (Phi) is 7.07. The van der Waals surface area contributed by atoms with E-state index in [2.05, 4.69) is 34.2 Å². The number of hydrogen-bond acceptors (Lipinski definition) is 7. The number of allylic oxidation sites excluding steroid dienone is 3. The molecule has 186 valence electrons. The molecule has 0 aliphatic heterocycles. The first-order valence-electron chi connectivity index (χ1n) is 11.7. The van der Waals surface area contributed by atoms with E-state index in [-0.39, 0.29) is 5.91 Å². The molecule has 1 aliphatic carbocycles. The molecule has 0 unspecified atom stereocenters. The van der Waals surface area contributed by atoms with Crippen LogP contribution in [0, 0.1) is 0 Å². The Bertz CT molecular complexity index is 1530. The summed E-state index contributed by atoms with van der Waals surface area (Å²) in [5.74, 6) is -0.134. The molecule has 0 bridgehead atoms. The Balaban J connectivity index is 1.68. The summed E-state index contributed by atoms with van der Waals surface area (Å²) in [5.41, 5.74) is 8.68. The number of pyridine rings is 1. The first-order valence-corrected chi connectivity index (χ1v) is 13.8. The van der Waals surface area contributed by atoms with Gasteiger partial charge in [0.2, 0.25) is 5.91 Å². The standard InChI is InChI=1S/C28H26N6OS2/c1-5-19(14-17(2)33-36-4)20-8-6-10-22(15-20)34-26-23(25(32-34)21-9-7-13-29-16-21)11-12-24-27(26)37-28(31-24)30-18(3)35/h5-10,13-16,33H,1-2,11-12H2,3-4H3,(H,30,31,35)/b19-14+. The van der Waals surface area contributed by atoms with Gasteiger partial charge in [0.25, 0.3) is 0 Å². The van der Waals surface area contributed by atoms with Gasteiger partial charge < -0.3 is 10.0 Å². The number of nitrogens with one attached hydrogen (secondary N) is 2. The second-order valence-corrected chi connectivity index (χ2v) is 10.1. The van der Waals surface area contributed by atoms with Gasteiger partial charge in [0.1, 0.15) is 0 Å².